The lowest BCUT2D eigenvalue weighted by molar-refractivity contribution is -0.0396. The number of carbonyl (C=O) groups excluding carboxylic acids is 1. The Morgan fingerprint density at radius 2 is 2.09 bits per heavy atom. The highest BCUT2D eigenvalue weighted by molar-refractivity contribution is 5.91. The van der Waals surface area contributed by atoms with E-state index in [4.69, 9.17) is 9.15 Å². The Morgan fingerprint density at radius 3 is 2.87 bits per heavy atom. The molecule has 6 heteroatoms. The van der Waals surface area contributed by atoms with Crippen LogP contribution in [-0.2, 0) is 11.3 Å². The topological polar surface area (TPSA) is 64.7 Å². The van der Waals surface area contributed by atoms with Crippen LogP contribution in [0.2, 0.25) is 0 Å². The average Bonchev–Trinajstić information content (AvgIpc) is 3.00. The van der Waals surface area contributed by atoms with Gasteiger partial charge in [-0.25, -0.2) is 0 Å². The van der Waals surface area contributed by atoms with Gasteiger partial charge in [0.15, 0.2) is 5.76 Å². The van der Waals surface area contributed by atoms with Crippen LogP contribution in [0, 0.1) is 0 Å². The van der Waals surface area contributed by atoms with Crippen molar-refractivity contribution in [1.29, 1.82) is 0 Å². The van der Waals surface area contributed by atoms with Crippen molar-refractivity contribution in [3.8, 4) is 0 Å². The Kier molecular flexibility index (Phi) is 4.34. The van der Waals surface area contributed by atoms with Gasteiger partial charge < -0.3 is 18.6 Å². The Bertz CT molecular complexity index is 749. The fourth-order valence-corrected chi connectivity index (χ4v) is 2.66. The average molecular weight is 316 g/mol. The molecule has 1 saturated heterocycles. The van der Waals surface area contributed by atoms with Gasteiger partial charge in [0.1, 0.15) is 5.76 Å². The highest BCUT2D eigenvalue weighted by atomic mass is 16.5. The third kappa shape index (κ3) is 3.37. The van der Waals surface area contributed by atoms with Crippen molar-refractivity contribution >= 4 is 5.91 Å². The van der Waals surface area contributed by atoms with Crippen LogP contribution >= 0.6 is 0 Å². The number of furan rings is 1. The normalized spacial score (nSPS) is 21.4. The van der Waals surface area contributed by atoms with Gasteiger partial charge in [0.05, 0.1) is 25.3 Å². The lowest BCUT2D eigenvalue weighted by Crippen LogP contribution is -2.50. The van der Waals surface area contributed by atoms with Crippen LogP contribution < -0.4 is 5.56 Å². The van der Waals surface area contributed by atoms with Gasteiger partial charge in [-0.15, -0.1) is 0 Å². The highest BCUT2D eigenvalue weighted by Crippen LogP contribution is 2.17. The number of morpholine rings is 1. The van der Waals surface area contributed by atoms with Crippen LogP contribution in [0.3, 0.4) is 0 Å². The molecule has 6 nitrogen and oxygen atoms in total. The summed E-state index contributed by atoms with van der Waals surface area (Å²) in [5, 5.41) is 0. The Labute approximate surface area is 134 Å². The molecule has 1 amide bonds. The van der Waals surface area contributed by atoms with Gasteiger partial charge in [-0.05, 0) is 32.0 Å². The minimum absolute atomic E-state index is 0.0176. The molecule has 0 aliphatic carbocycles. The van der Waals surface area contributed by atoms with E-state index in [9.17, 15) is 9.59 Å². The summed E-state index contributed by atoms with van der Waals surface area (Å²) in [5.74, 6) is 0.736. The molecule has 1 fully saturated rings. The van der Waals surface area contributed by atoms with Crippen LogP contribution in [0.4, 0.5) is 0 Å². The van der Waals surface area contributed by atoms with Crippen LogP contribution in [0.1, 0.15) is 30.2 Å². The molecule has 23 heavy (non-hydrogen) atoms. The maximum absolute atomic E-state index is 12.6. The Hall–Kier alpha value is -2.34. The smallest absolute Gasteiger partial charge is 0.289 e. The second-order valence-corrected chi connectivity index (χ2v) is 5.88. The summed E-state index contributed by atoms with van der Waals surface area (Å²) in [6.07, 6.45) is 1.71. The number of aromatic nitrogens is 1. The van der Waals surface area contributed by atoms with Crippen molar-refractivity contribution in [1.82, 2.24) is 9.47 Å². The first kappa shape index (κ1) is 15.6. The van der Waals surface area contributed by atoms with Crippen LogP contribution in [0.25, 0.3) is 0 Å². The summed E-state index contributed by atoms with van der Waals surface area (Å²) in [6.45, 7) is 5.29. The van der Waals surface area contributed by atoms with E-state index in [1.165, 1.54) is 10.6 Å². The second kappa shape index (κ2) is 6.42. The predicted octanol–water partition coefficient (Wildman–Crippen LogP) is 1.74. The molecule has 2 aromatic heterocycles. The van der Waals surface area contributed by atoms with Gasteiger partial charge in [0.2, 0.25) is 0 Å². The molecule has 3 heterocycles. The first-order valence-corrected chi connectivity index (χ1v) is 7.71. The van der Waals surface area contributed by atoms with Crippen LogP contribution in [0.5, 0.6) is 0 Å². The fourth-order valence-electron chi connectivity index (χ4n) is 2.66. The molecule has 0 aromatic carbocycles. The van der Waals surface area contributed by atoms with Gasteiger partial charge >= 0.3 is 0 Å². The van der Waals surface area contributed by atoms with Gasteiger partial charge in [0.25, 0.3) is 11.5 Å². The molecule has 0 saturated carbocycles. The largest absolute Gasteiger partial charge is 0.454 e. The number of carbonyl (C=O) groups is 1. The Balaban J connectivity index is 1.75. The molecule has 2 aromatic rings. The van der Waals surface area contributed by atoms with Crippen molar-refractivity contribution < 1.29 is 13.9 Å². The molecule has 1 aliphatic heterocycles. The third-order valence-corrected chi connectivity index (χ3v) is 3.97. The molecule has 0 radical (unpaired) electrons. The van der Waals surface area contributed by atoms with E-state index < -0.39 is 0 Å². The van der Waals surface area contributed by atoms with Crippen molar-refractivity contribution in [3.05, 3.63) is 58.4 Å². The minimum Gasteiger partial charge on any atom is -0.454 e. The second-order valence-electron chi connectivity index (χ2n) is 5.88. The summed E-state index contributed by atoms with van der Waals surface area (Å²) in [6, 6.07) is 8.39. The first-order chi connectivity index (χ1) is 11.0. The zero-order valence-electron chi connectivity index (χ0n) is 13.3. The van der Waals surface area contributed by atoms with Gasteiger partial charge in [0, 0.05) is 18.8 Å². The number of hydrogen-bond donors (Lipinski definition) is 0. The molecule has 0 N–H and O–H groups in total. The minimum atomic E-state index is -0.140. The van der Waals surface area contributed by atoms with Crippen LogP contribution in [0.15, 0.2) is 45.7 Å². The highest BCUT2D eigenvalue weighted by Gasteiger charge is 2.29. The number of ether oxygens (including phenoxy) is 1. The summed E-state index contributed by atoms with van der Waals surface area (Å²) in [7, 11) is 0. The fraction of sp³-hybridized carbons (Fsp3) is 0.412. The number of nitrogens with zero attached hydrogens (tertiary/aromatic N) is 2. The number of rotatable bonds is 3. The number of pyridine rings is 1. The van der Waals surface area contributed by atoms with E-state index >= 15 is 0 Å². The van der Waals surface area contributed by atoms with Crippen molar-refractivity contribution in [3.63, 3.8) is 0 Å². The van der Waals surface area contributed by atoms with E-state index in [-0.39, 0.29) is 23.6 Å². The van der Waals surface area contributed by atoms with Crippen molar-refractivity contribution in [2.24, 2.45) is 0 Å². The maximum Gasteiger partial charge on any atom is 0.289 e. The molecule has 3 rings (SSSR count). The number of amides is 1. The summed E-state index contributed by atoms with van der Waals surface area (Å²) in [4.78, 5) is 26.1. The van der Waals surface area contributed by atoms with E-state index in [0.29, 0.717) is 31.2 Å². The molecule has 2 atom stereocenters. The van der Waals surface area contributed by atoms with E-state index in [2.05, 4.69) is 0 Å². The lowest BCUT2D eigenvalue weighted by Gasteiger charge is -2.36. The van der Waals surface area contributed by atoms with E-state index in [1.807, 2.05) is 13.8 Å². The monoisotopic (exact) mass is 316 g/mol. The van der Waals surface area contributed by atoms with Crippen LogP contribution in [-0.4, -0.2) is 40.7 Å². The SMILES string of the molecule is C[C@@H]1CN(C(=O)c2ccc(Cn3ccccc3=O)o2)[C@@H](C)CO1. The van der Waals surface area contributed by atoms with E-state index in [1.54, 1.807) is 35.4 Å². The summed E-state index contributed by atoms with van der Waals surface area (Å²) < 4.78 is 12.7. The first-order valence-electron chi connectivity index (χ1n) is 7.71. The zero-order valence-corrected chi connectivity index (χ0v) is 13.3. The third-order valence-electron chi connectivity index (χ3n) is 3.97. The molecular weight excluding hydrogens is 296 g/mol. The number of hydrogen-bond acceptors (Lipinski definition) is 4. The van der Waals surface area contributed by atoms with Crippen molar-refractivity contribution in [2.45, 2.75) is 32.5 Å². The summed E-state index contributed by atoms with van der Waals surface area (Å²) in [5.41, 5.74) is -0.104. The van der Waals surface area contributed by atoms with Gasteiger partial charge in [-0.3, -0.25) is 9.59 Å². The molecule has 0 unspecified atom stereocenters. The molecule has 0 bridgehead atoms. The van der Waals surface area contributed by atoms with Gasteiger partial charge in [-0.1, -0.05) is 6.07 Å². The quantitative estimate of drug-likeness (QED) is 0.865. The Morgan fingerprint density at radius 1 is 1.26 bits per heavy atom. The molecule has 0 spiro atoms. The lowest BCUT2D eigenvalue weighted by atomic mass is 10.2. The van der Waals surface area contributed by atoms with Crippen molar-refractivity contribution in [2.75, 3.05) is 13.2 Å². The molecule has 1 aliphatic rings. The molecule has 122 valence electrons. The van der Waals surface area contributed by atoms with E-state index in [0.717, 1.165) is 0 Å². The molecular formula is C17H20N2O4. The van der Waals surface area contributed by atoms with Gasteiger partial charge in [-0.2, -0.15) is 0 Å². The standard InChI is InChI=1S/C17H20N2O4/c1-12-11-22-13(2)9-19(12)17(21)15-7-6-14(23-15)10-18-8-4-3-5-16(18)20/h3-8,12-13H,9-11H2,1-2H3/t12-,13+/m0/s1. The zero-order chi connectivity index (χ0) is 16.4. The predicted molar refractivity (Wildman–Crippen MR) is 84.4 cm³/mol. The maximum atomic E-state index is 12.6. The summed E-state index contributed by atoms with van der Waals surface area (Å²) >= 11 is 0.